The molecule has 0 atom stereocenters. The van der Waals surface area contributed by atoms with Crippen molar-refractivity contribution in [3.05, 3.63) is 279 Å². The molecule has 0 amide bonds. The Hall–Kier alpha value is -9.36. The number of hydrogen-bond donors (Lipinski definition) is 0. The fourth-order valence-electron chi connectivity index (χ4n) is 11.7. The van der Waals surface area contributed by atoms with Gasteiger partial charge in [0.2, 0.25) is 0 Å². The van der Waals surface area contributed by atoms with E-state index in [1.54, 1.807) is 0 Å². The van der Waals surface area contributed by atoms with Crippen LogP contribution in [-0.2, 0) is 0 Å². The Balaban J connectivity index is 1.02. The fourth-order valence-corrected chi connectivity index (χ4v) is 11.7. The Morgan fingerprint density at radius 3 is 1.04 bits per heavy atom. The molecule has 0 nitrogen and oxygen atoms in total. The van der Waals surface area contributed by atoms with Crippen LogP contribution in [0.15, 0.2) is 279 Å². The van der Waals surface area contributed by atoms with E-state index in [2.05, 4.69) is 279 Å². The van der Waals surface area contributed by atoms with Crippen molar-refractivity contribution in [3.63, 3.8) is 0 Å². The van der Waals surface area contributed by atoms with Crippen LogP contribution >= 0.6 is 0 Å². The zero-order valence-corrected chi connectivity index (χ0v) is 39.6. The summed E-state index contributed by atoms with van der Waals surface area (Å²) >= 11 is 0. The third-order valence-electron chi connectivity index (χ3n) is 15.0. The number of benzene rings is 14. The lowest BCUT2D eigenvalue weighted by atomic mass is 9.81. The van der Waals surface area contributed by atoms with Gasteiger partial charge in [0.05, 0.1) is 0 Å². The Bertz CT molecular complexity index is 4360. The van der Waals surface area contributed by atoms with E-state index in [4.69, 9.17) is 0 Å². The second kappa shape index (κ2) is 17.2. The van der Waals surface area contributed by atoms with E-state index < -0.39 is 0 Å². The summed E-state index contributed by atoms with van der Waals surface area (Å²) in [5.41, 5.74) is 17.1. The van der Waals surface area contributed by atoms with Gasteiger partial charge in [0.15, 0.2) is 0 Å². The van der Waals surface area contributed by atoms with Crippen molar-refractivity contribution in [1.29, 1.82) is 0 Å². The van der Waals surface area contributed by atoms with Crippen LogP contribution in [0, 0.1) is 0 Å². The Morgan fingerprint density at radius 1 is 0.139 bits per heavy atom. The van der Waals surface area contributed by atoms with Crippen LogP contribution in [0.1, 0.15) is 0 Å². The summed E-state index contributed by atoms with van der Waals surface area (Å²) in [6, 6.07) is 103. The van der Waals surface area contributed by atoms with Crippen molar-refractivity contribution in [2.24, 2.45) is 0 Å². The van der Waals surface area contributed by atoms with E-state index in [9.17, 15) is 0 Å². The molecule has 0 aromatic heterocycles. The largest absolute Gasteiger partial charge is 0.0622 e. The van der Waals surface area contributed by atoms with E-state index in [0.717, 1.165) is 0 Å². The molecule has 0 radical (unpaired) electrons. The maximum absolute atomic E-state index is 2.49. The van der Waals surface area contributed by atoms with Crippen molar-refractivity contribution in [2.45, 2.75) is 0 Å². The molecule has 0 heteroatoms. The van der Waals surface area contributed by atoms with Gasteiger partial charge in [0.1, 0.15) is 0 Å². The van der Waals surface area contributed by atoms with Gasteiger partial charge in [-0.3, -0.25) is 0 Å². The van der Waals surface area contributed by atoms with Gasteiger partial charge in [-0.1, -0.05) is 243 Å². The maximum atomic E-state index is 2.49. The molecule has 0 fully saturated rings. The van der Waals surface area contributed by atoms with Crippen LogP contribution in [0.4, 0.5) is 0 Å². The first kappa shape index (κ1) is 41.6. The number of hydrogen-bond acceptors (Lipinski definition) is 0. The second-order valence-electron chi connectivity index (χ2n) is 19.1. The molecule has 0 saturated carbocycles. The third kappa shape index (κ3) is 6.99. The molecule has 0 unspecified atom stereocenters. The second-order valence-corrected chi connectivity index (χ2v) is 19.1. The molecule has 14 aromatic rings. The topological polar surface area (TPSA) is 0 Å². The molecule has 0 N–H and O–H groups in total. The van der Waals surface area contributed by atoms with Gasteiger partial charge < -0.3 is 0 Å². The fraction of sp³-hybridized carbons (Fsp3) is 0. The first-order chi connectivity index (χ1) is 35.7. The molecule has 14 aromatic carbocycles. The summed E-state index contributed by atoms with van der Waals surface area (Å²) in [5, 5.41) is 14.9. The Labute approximate surface area is 419 Å². The van der Waals surface area contributed by atoms with Gasteiger partial charge >= 0.3 is 0 Å². The van der Waals surface area contributed by atoms with Crippen molar-refractivity contribution in [3.8, 4) is 77.9 Å². The summed E-state index contributed by atoms with van der Waals surface area (Å²) < 4.78 is 0. The van der Waals surface area contributed by atoms with Crippen molar-refractivity contribution >= 4 is 64.6 Å². The van der Waals surface area contributed by atoms with E-state index >= 15 is 0 Å². The Morgan fingerprint density at radius 2 is 0.500 bits per heavy atom. The van der Waals surface area contributed by atoms with Crippen LogP contribution in [0.3, 0.4) is 0 Å². The lowest BCUT2D eigenvalue weighted by Crippen LogP contribution is -1.95. The molecule has 0 saturated heterocycles. The summed E-state index contributed by atoms with van der Waals surface area (Å²) in [4.78, 5) is 0. The van der Waals surface area contributed by atoms with Crippen molar-refractivity contribution in [2.75, 3.05) is 0 Å². The van der Waals surface area contributed by atoms with Gasteiger partial charge in [-0.25, -0.2) is 0 Å². The van der Waals surface area contributed by atoms with Crippen LogP contribution in [0.25, 0.3) is 143 Å². The average molecular weight is 911 g/mol. The third-order valence-corrected chi connectivity index (χ3v) is 15.0. The predicted octanol–water partition coefficient (Wildman–Crippen LogP) is 20.3. The normalized spacial score (nSPS) is 11.6. The smallest absolute Gasteiger partial charge is 0.00201 e. The average Bonchev–Trinajstić information content (AvgIpc) is 3.46. The molecular weight excluding hydrogens is 865 g/mol. The Kier molecular flexibility index (Phi) is 9.96. The van der Waals surface area contributed by atoms with E-state index in [0.29, 0.717) is 0 Å². The highest BCUT2D eigenvalue weighted by atomic mass is 14.3. The highest BCUT2D eigenvalue weighted by Gasteiger charge is 2.22. The molecular formula is C72H46. The lowest BCUT2D eigenvalue weighted by Gasteiger charge is -2.22. The van der Waals surface area contributed by atoms with Crippen LogP contribution in [0.5, 0.6) is 0 Å². The molecule has 0 spiro atoms. The van der Waals surface area contributed by atoms with Gasteiger partial charge in [0, 0.05) is 0 Å². The minimum atomic E-state index is 1.19. The number of fused-ring (bicyclic) bond motifs is 7. The first-order valence-electron chi connectivity index (χ1n) is 25.0. The zero-order valence-electron chi connectivity index (χ0n) is 39.6. The van der Waals surface area contributed by atoms with Crippen LogP contribution in [-0.4, -0.2) is 0 Å². The molecule has 0 aliphatic carbocycles. The van der Waals surface area contributed by atoms with Gasteiger partial charge in [0.25, 0.3) is 0 Å². The highest BCUT2D eigenvalue weighted by molar-refractivity contribution is 6.25. The van der Waals surface area contributed by atoms with Gasteiger partial charge in [-0.2, -0.15) is 0 Å². The highest BCUT2D eigenvalue weighted by Crippen LogP contribution is 2.50. The quantitative estimate of drug-likeness (QED) is 0.110. The van der Waals surface area contributed by atoms with E-state index in [1.807, 2.05) is 0 Å². The molecule has 14 rings (SSSR count). The lowest BCUT2D eigenvalue weighted by molar-refractivity contribution is 1.61. The number of rotatable bonds is 7. The monoisotopic (exact) mass is 910 g/mol. The maximum Gasteiger partial charge on any atom is -0.00201 e. The summed E-state index contributed by atoms with van der Waals surface area (Å²) in [6.07, 6.45) is 0. The van der Waals surface area contributed by atoms with Gasteiger partial charge in [-0.15, -0.1) is 0 Å². The molecule has 72 heavy (non-hydrogen) atoms. The predicted molar refractivity (Wildman–Crippen MR) is 310 cm³/mol. The van der Waals surface area contributed by atoms with Crippen molar-refractivity contribution < 1.29 is 0 Å². The van der Waals surface area contributed by atoms with Crippen molar-refractivity contribution in [1.82, 2.24) is 0 Å². The van der Waals surface area contributed by atoms with Crippen LogP contribution in [0.2, 0.25) is 0 Å². The molecule has 0 aliphatic heterocycles. The summed E-state index contributed by atoms with van der Waals surface area (Å²) in [6.45, 7) is 0. The van der Waals surface area contributed by atoms with Gasteiger partial charge in [-0.05, 0) is 179 Å². The molecule has 334 valence electrons. The standard InChI is InChI=1S/C72H46/c1-4-20-48(21-5-1)65-43-53-27-12-13-28-54(53)44-66(65)56-37-39-59-60-40-38-58(46-68(60)72(50-24-8-3-9-25-50)71(67(59)45-56)49-22-6-2-7-23-49)70-63-33-16-14-31-61(63)69(62-32-15-17-34-64(62)70)57-30-18-29-52(42-57)55-36-35-47-19-10-11-26-51(47)41-55/h1-46H. The summed E-state index contributed by atoms with van der Waals surface area (Å²) in [7, 11) is 0. The molecule has 0 heterocycles. The van der Waals surface area contributed by atoms with E-state index in [1.165, 1.54) is 143 Å². The molecule has 0 bridgehead atoms. The van der Waals surface area contributed by atoms with E-state index in [-0.39, 0.29) is 0 Å². The van der Waals surface area contributed by atoms with Crippen LogP contribution < -0.4 is 0 Å². The SMILES string of the molecule is c1ccc(-c2cc3ccccc3cc2-c2ccc3c(c2)c(-c2ccccc2)c(-c2ccccc2)c2cc(-c4c5ccccc5c(-c5cccc(-c6ccc7ccccc7c6)c5)c5ccccc45)ccc23)cc1. The molecule has 0 aliphatic rings. The zero-order chi connectivity index (χ0) is 47.5. The summed E-state index contributed by atoms with van der Waals surface area (Å²) in [5.74, 6) is 0. The minimum Gasteiger partial charge on any atom is -0.0622 e. The first-order valence-corrected chi connectivity index (χ1v) is 25.0. The minimum absolute atomic E-state index is 1.19.